The predicted octanol–water partition coefficient (Wildman–Crippen LogP) is 2.78. The van der Waals surface area contributed by atoms with E-state index in [0.717, 1.165) is 6.54 Å². The predicted molar refractivity (Wildman–Crippen MR) is 69.6 cm³/mol. The summed E-state index contributed by atoms with van der Waals surface area (Å²) in [4.78, 5) is 1.93. The molecule has 1 aromatic rings. The second-order valence-corrected chi connectivity index (χ2v) is 5.04. The first-order valence-electron chi connectivity index (χ1n) is 6.39. The first-order chi connectivity index (χ1) is 8.18. The van der Waals surface area contributed by atoms with Gasteiger partial charge in [0, 0.05) is 19.6 Å². The molecule has 2 rings (SSSR count). The SMILES string of the molecule is CN(CC(N)C1CCCC1)c1ccccc1F. The molecule has 0 amide bonds. The van der Waals surface area contributed by atoms with Crippen molar-refractivity contribution < 1.29 is 4.39 Å². The van der Waals surface area contributed by atoms with Crippen molar-refractivity contribution in [2.24, 2.45) is 11.7 Å². The molecule has 3 heteroatoms. The number of benzene rings is 1. The number of anilines is 1. The van der Waals surface area contributed by atoms with Gasteiger partial charge in [-0.25, -0.2) is 4.39 Å². The van der Waals surface area contributed by atoms with Gasteiger partial charge in [-0.15, -0.1) is 0 Å². The largest absolute Gasteiger partial charge is 0.371 e. The van der Waals surface area contributed by atoms with Crippen molar-refractivity contribution in [2.75, 3.05) is 18.5 Å². The smallest absolute Gasteiger partial charge is 0.146 e. The number of halogens is 1. The Hall–Kier alpha value is -1.09. The van der Waals surface area contributed by atoms with Gasteiger partial charge in [-0.05, 0) is 30.9 Å². The molecule has 0 bridgehead atoms. The van der Waals surface area contributed by atoms with Crippen LogP contribution in [0.5, 0.6) is 0 Å². The summed E-state index contributed by atoms with van der Waals surface area (Å²) < 4.78 is 13.6. The van der Waals surface area contributed by atoms with Crippen LogP contribution in [0.25, 0.3) is 0 Å². The monoisotopic (exact) mass is 236 g/mol. The second-order valence-electron chi connectivity index (χ2n) is 5.04. The third-order valence-corrected chi connectivity index (χ3v) is 3.75. The summed E-state index contributed by atoms with van der Waals surface area (Å²) in [6.45, 7) is 0.728. The number of hydrogen-bond donors (Lipinski definition) is 1. The van der Waals surface area contributed by atoms with E-state index in [9.17, 15) is 4.39 Å². The molecule has 0 spiro atoms. The number of hydrogen-bond acceptors (Lipinski definition) is 2. The molecule has 2 N–H and O–H groups in total. The van der Waals surface area contributed by atoms with Crippen LogP contribution in [-0.4, -0.2) is 19.6 Å². The Morgan fingerprint density at radius 1 is 1.35 bits per heavy atom. The lowest BCUT2D eigenvalue weighted by molar-refractivity contribution is 0.431. The molecule has 0 heterocycles. The van der Waals surface area contributed by atoms with Crippen LogP contribution in [0.15, 0.2) is 24.3 Å². The third kappa shape index (κ3) is 2.97. The van der Waals surface area contributed by atoms with Gasteiger partial charge in [0.25, 0.3) is 0 Å². The Labute approximate surface area is 103 Å². The maximum atomic E-state index is 13.6. The molecule has 94 valence electrons. The van der Waals surface area contributed by atoms with Gasteiger partial charge in [0.2, 0.25) is 0 Å². The van der Waals surface area contributed by atoms with Gasteiger partial charge in [-0.2, -0.15) is 0 Å². The van der Waals surface area contributed by atoms with Crippen LogP contribution in [0.1, 0.15) is 25.7 Å². The molecule has 1 saturated carbocycles. The molecular formula is C14H21FN2. The van der Waals surface area contributed by atoms with Gasteiger partial charge in [0.15, 0.2) is 0 Å². The minimum Gasteiger partial charge on any atom is -0.371 e. The number of nitrogens with zero attached hydrogens (tertiary/aromatic N) is 1. The van der Waals surface area contributed by atoms with Crippen LogP contribution in [0, 0.1) is 11.7 Å². The summed E-state index contributed by atoms with van der Waals surface area (Å²) in [6, 6.07) is 7.02. The molecule has 1 atom stereocenters. The van der Waals surface area contributed by atoms with Gasteiger partial charge in [0.1, 0.15) is 5.82 Å². The van der Waals surface area contributed by atoms with Crippen molar-refractivity contribution in [3.8, 4) is 0 Å². The normalized spacial score (nSPS) is 18.3. The van der Waals surface area contributed by atoms with E-state index in [1.807, 2.05) is 18.0 Å². The van der Waals surface area contributed by atoms with Crippen LogP contribution in [-0.2, 0) is 0 Å². The van der Waals surface area contributed by atoms with E-state index in [1.54, 1.807) is 12.1 Å². The molecule has 1 unspecified atom stereocenters. The molecule has 17 heavy (non-hydrogen) atoms. The Morgan fingerprint density at radius 3 is 2.65 bits per heavy atom. The maximum absolute atomic E-state index is 13.6. The van der Waals surface area contributed by atoms with E-state index in [-0.39, 0.29) is 11.9 Å². The quantitative estimate of drug-likeness (QED) is 0.871. The van der Waals surface area contributed by atoms with E-state index in [1.165, 1.54) is 31.7 Å². The van der Waals surface area contributed by atoms with Gasteiger partial charge in [-0.3, -0.25) is 0 Å². The topological polar surface area (TPSA) is 29.3 Å². The first kappa shape index (κ1) is 12.4. The van der Waals surface area contributed by atoms with Crippen LogP contribution in [0.4, 0.5) is 10.1 Å². The zero-order valence-corrected chi connectivity index (χ0v) is 10.4. The summed E-state index contributed by atoms with van der Waals surface area (Å²) in [5.41, 5.74) is 6.84. The zero-order valence-electron chi connectivity index (χ0n) is 10.4. The summed E-state index contributed by atoms with van der Waals surface area (Å²) >= 11 is 0. The van der Waals surface area contributed by atoms with Crippen molar-refractivity contribution in [1.82, 2.24) is 0 Å². The van der Waals surface area contributed by atoms with E-state index in [0.29, 0.717) is 11.6 Å². The number of likely N-dealkylation sites (N-methyl/N-ethyl adjacent to an activating group) is 1. The molecule has 0 radical (unpaired) electrons. The van der Waals surface area contributed by atoms with Gasteiger partial charge in [-0.1, -0.05) is 25.0 Å². The van der Waals surface area contributed by atoms with E-state index in [2.05, 4.69) is 0 Å². The highest BCUT2D eigenvalue weighted by molar-refractivity contribution is 5.46. The number of rotatable bonds is 4. The van der Waals surface area contributed by atoms with Crippen LogP contribution in [0.3, 0.4) is 0 Å². The van der Waals surface area contributed by atoms with Crippen molar-refractivity contribution in [3.05, 3.63) is 30.1 Å². The molecule has 2 nitrogen and oxygen atoms in total. The Bertz CT molecular complexity index is 361. The van der Waals surface area contributed by atoms with E-state index >= 15 is 0 Å². The van der Waals surface area contributed by atoms with Crippen molar-refractivity contribution in [1.29, 1.82) is 0 Å². The molecule has 0 saturated heterocycles. The maximum Gasteiger partial charge on any atom is 0.146 e. The molecule has 1 fully saturated rings. The Balaban J connectivity index is 1.96. The minimum atomic E-state index is -0.173. The van der Waals surface area contributed by atoms with Crippen molar-refractivity contribution in [2.45, 2.75) is 31.7 Å². The van der Waals surface area contributed by atoms with Gasteiger partial charge < -0.3 is 10.6 Å². The summed E-state index contributed by atoms with van der Waals surface area (Å²) in [5.74, 6) is 0.442. The van der Waals surface area contributed by atoms with Crippen LogP contribution in [0.2, 0.25) is 0 Å². The highest BCUT2D eigenvalue weighted by Gasteiger charge is 2.23. The van der Waals surface area contributed by atoms with E-state index < -0.39 is 0 Å². The number of para-hydroxylation sites is 1. The lowest BCUT2D eigenvalue weighted by atomic mass is 9.98. The fourth-order valence-corrected chi connectivity index (χ4v) is 2.71. The average Bonchev–Trinajstić information content (AvgIpc) is 2.82. The molecule has 1 aliphatic carbocycles. The highest BCUT2D eigenvalue weighted by atomic mass is 19.1. The third-order valence-electron chi connectivity index (χ3n) is 3.75. The molecule has 0 aromatic heterocycles. The number of nitrogens with two attached hydrogens (primary N) is 1. The fourth-order valence-electron chi connectivity index (χ4n) is 2.71. The first-order valence-corrected chi connectivity index (χ1v) is 6.39. The second kappa shape index (κ2) is 5.50. The molecule has 1 aliphatic rings. The molecule has 0 aliphatic heterocycles. The van der Waals surface area contributed by atoms with Crippen LogP contribution < -0.4 is 10.6 Å². The standard InChI is InChI=1S/C14H21FN2/c1-17(14-9-5-4-8-12(14)15)10-13(16)11-6-2-3-7-11/h4-5,8-9,11,13H,2-3,6-7,10,16H2,1H3. The Morgan fingerprint density at radius 2 is 2.00 bits per heavy atom. The molecule has 1 aromatic carbocycles. The molecular weight excluding hydrogens is 215 g/mol. The fraction of sp³-hybridized carbons (Fsp3) is 0.571. The minimum absolute atomic E-state index is 0.155. The average molecular weight is 236 g/mol. The van der Waals surface area contributed by atoms with Crippen LogP contribution >= 0.6 is 0 Å². The van der Waals surface area contributed by atoms with Gasteiger partial charge in [0.05, 0.1) is 5.69 Å². The lowest BCUT2D eigenvalue weighted by Crippen LogP contribution is -2.40. The van der Waals surface area contributed by atoms with Crippen molar-refractivity contribution in [3.63, 3.8) is 0 Å². The van der Waals surface area contributed by atoms with E-state index in [4.69, 9.17) is 5.73 Å². The zero-order chi connectivity index (χ0) is 12.3. The van der Waals surface area contributed by atoms with Crippen molar-refractivity contribution >= 4 is 5.69 Å². The lowest BCUT2D eigenvalue weighted by Gasteiger charge is -2.27. The summed E-state index contributed by atoms with van der Waals surface area (Å²) in [7, 11) is 1.91. The summed E-state index contributed by atoms with van der Waals surface area (Å²) in [5, 5.41) is 0. The summed E-state index contributed by atoms with van der Waals surface area (Å²) in [6.07, 6.45) is 5.04. The van der Waals surface area contributed by atoms with Gasteiger partial charge >= 0.3 is 0 Å². The highest BCUT2D eigenvalue weighted by Crippen LogP contribution is 2.28. The Kier molecular flexibility index (Phi) is 4.00.